The molecular formula is C28H29BrClN5O4. The van der Waals surface area contributed by atoms with Gasteiger partial charge in [0.15, 0.2) is 5.82 Å². The molecule has 1 saturated carbocycles. The van der Waals surface area contributed by atoms with Crippen LogP contribution in [0.15, 0.2) is 59.1 Å². The fourth-order valence-electron chi connectivity index (χ4n) is 5.81. The summed E-state index contributed by atoms with van der Waals surface area (Å²) >= 11 is 9.52. The number of esters is 1. The molecule has 3 fully saturated rings. The number of piperidine rings is 2. The number of halogens is 2. The average molecular weight is 615 g/mol. The molecule has 4 unspecified atom stereocenters. The Morgan fingerprint density at radius 2 is 1.82 bits per heavy atom. The second-order valence-electron chi connectivity index (χ2n) is 10.6. The number of aromatic nitrogens is 2. The first-order valence-electron chi connectivity index (χ1n) is 12.6. The molecule has 6 rings (SSSR count). The summed E-state index contributed by atoms with van der Waals surface area (Å²) in [6, 6.07) is 15.2. The van der Waals surface area contributed by atoms with Gasteiger partial charge in [0, 0.05) is 6.04 Å². The number of rotatable bonds is 7. The van der Waals surface area contributed by atoms with Crippen molar-refractivity contribution in [2.45, 2.75) is 45.0 Å². The number of benzene rings is 2. The highest BCUT2D eigenvalue weighted by atomic mass is 79.9. The number of H-pyrrole nitrogens is 1. The van der Waals surface area contributed by atoms with Crippen LogP contribution in [0.4, 0.5) is 5.82 Å². The van der Waals surface area contributed by atoms with Crippen molar-refractivity contribution in [3.8, 4) is 0 Å². The number of hydrogen-bond donors (Lipinski definition) is 3. The number of carbonyl (C=O) groups excluding carboxylic acids is 3. The largest absolute Gasteiger partial charge is 0.460 e. The predicted molar refractivity (Wildman–Crippen MR) is 150 cm³/mol. The molecule has 9 nitrogen and oxygen atoms in total. The molecule has 39 heavy (non-hydrogen) atoms. The standard InChI is InChI=1S/C28H29BrClN5O4/c1-28(2)17-13-19(28)35(3)23(27(38)39-14-15-9-5-4-6-10-15)21(17)31-26(37)22-20(29)24(34-33-22)32-25(36)16-11-7-8-12-18(16)30/h4-12,17,19,21,23H,13-14H2,1-3H3,(H,31,37)(H2,32,33,34,36). The summed E-state index contributed by atoms with van der Waals surface area (Å²) in [7, 11) is 1.91. The van der Waals surface area contributed by atoms with E-state index in [0.717, 1.165) is 12.0 Å². The van der Waals surface area contributed by atoms with Gasteiger partial charge in [0.2, 0.25) is 0 Å². The minimum Gasteiger partial charge on any atom is -0.460 e. The lowest BCUT2D eigenvalue weighted by Gasteiger charge is -2.65. The molecule has 2 aromatic carbocycles. The van der Waals surface area contributed by atoms with Crippen LogP contribution >= 0.6 is 27.5 Å². The Morgan fingerprint density at radius 1 is 1.13 bits per heavy atom. The Balaban J connectivity index is 1.33. The lowest BCUT2D eigenvalue weighted by Crippen LogP contribution is -2.76. The summed E-state index contributed by atoms with van der Waals surface area (Å²) in [6.07, 6.45) is 0.861. The van der Waals surface area contributed by atoms with Crippen molar-refractivity contribution in [3.63, 3.8) is 0 Å². The molecule has 3 aliphatic rings. The lowest BCUT2D eigenvalue weighted by molar-refractivity contribution is -0.182. The number of fused-ring (bicyclic) bond motifs is 2. The monoisotopic (exact) mass is 613 g/mol. The molecule has 3 N–H and O–H groups in total. The number of carbonyl (C=O) groups is 3. The maximum Gasteiger partial charge on any atom is 0.325 e. The number of anilines is 1. The molecule has 204 valence electrons. The summed E-state index contributed by atoms with van der Waals surface area (Å²) in [5.41, 5.74) is 1.21. The Morgan fingerprint density at radius 3 is 2.51 bits per heavy atom. The maximum absolute atomic E-state index is 13.5. The number of nitrogens with zero attached hydrogens (tertiary/aromatic N) is 2. The summed E-state index contributed by atoms with van der Waals surface area (Å²) in [5, 5.41) is 12.8. The van der Waals surface area contributed by atoms with E-state index in [9.17, 15) is 14.4 Å². The lowest BCUT2D eigenvalue weighted by atomic mass is 9.51. The highest BCUT2D eigenvalue weighted by Gasteiger charge is 2.63. The van der Waals surface area contributed by atoms with E-state index in [1.54, 1.807) is 24.3 Å². The fraction of sp³-hybridized carbons (Fsp3) is 0.357. The molecular weight excluding hydrogens is 586 g/mol. The van der Waals surface area contributed by atoms with E-state index in [1.165, 1.54) is 0 Å². The molecule has 1 aliphatic carbocycles. The summed E-state index contributed by atoms with van der Waals surface area (Å²) in [4.78, 5) is 41.5. The molecule has 2 bridgehead atoms. The summed E-state index contributed by atoms with van der Waals surface area (Å²) in [6.45, 7) is 4.47. The van der Waals surface area contributed by atoms with Crippen LogP contribution in [0.2, 0.25) is 5.02 Å². The third kappa shape index (κ3) is 5.08. The van der Waals surface area contributed by atoms with Crippen LogP contribution in [0, 0.1) is 11.3 Å². The molecule has 2 saturated heterocycles. The molecule has 3 heterocycles. The zero-order chi connectivity index (χ0) is 27.9. The van der Waals surface area contributed by atoms with Crippen LogP contribution in [0.25, 0.3) is 0 Å². The van der Waals surface area contributed by atoms with E-state index < -0.39 is 23.9 Å². The summed E-state index contributed by atoms with van der Waals surface area (Å²) in [5.74, 6) is -1.06. The molecule has 2 amide bonds. The van der Waals surface area contributed by atoms with E-state index >= 15 is 0 Å². The molecule has 1 aromatic heterocycles. The smallest absolute Gasteiger partial charge is 0.325 e. The number of ether oxygens (including phenoxy) is 1. The van der Waals surface area contributed by atoms with Gasteiger partial charge < -0.3 is 15.4 Å². The van der Waals surface area contributed by atoms with E-state index in [-0.39, 0.29) is 47.0 Å². The summed E-state index contributed by atoms with van der Waals surface area (Å²) < 4.78 is 5.99. The van der Waals surface area contributed by atoms with Crippen molar-refractivity contribution in [2.24, 2.45) is 11.3 Å². The SMILES string of the molecule is CN1C(C(=O)OCc2ccccc2)C(NC(=O)c2[nH]nc(NC(=O)c3ccccc3Cl)c2Br)C2CC1C2(C)C. The van der Waals surface area contributed by atoms with Crippen molar-refractivity contribution in [1.29, 1.82) is 0 Å². The van der Waals surface area contributed by atoms with Crippen molar-refractivity contribution >= 4 is 51.1 Å². The number of aromatic amines is 1. The van der Waals surface area contributed by atoms with Crippen LogP contribution in [-0.2, 0) is 16.1 Å². The van der Waals surface area contributed by atoms with Gasteiger partial charge in [-0.25, -0.2) is 0 Å². The van der Waals surface area contributed by atoms with Gasteiger partial charge in [-0.15, -0.1) is 0 Å². The van der Waals surface area contributed by atoms with E-state index in [4.69, 9.17) is 16.3 Å². The first kappa shape index (κ1) is 27.4. The number of amides is 2. The molecule has 2 aliphatic heterocycles. The highest BCUT2D eigenvalue weighted by molar-refractivity contribution is 9.10. The second kappa shape index (κ2) is 10.7. The molecule has 11 heteroatoms. The third-order valence-electron chi connectivity index (χ3n) is 8.04. The van der Waals surface area contributed by atoms with Crippen LogP contribution < -0.4 is 10.6 Å². The van der Waals surface area contributed by atoms with Crippen LogP contribution in [0.5, 0.6) is 0 Å². The Labute approximate surface area is 239 Å². The highest BCUT2D eigenvalue weighted by Crippen LogP contribution is 2.55. The van der Waals surface area contributed by atoms with Gasteiger partial charge in [0.05, 0.1) is 21.1 Å². The maximum atomic E-state index is 13.5. The van der Waals surface area contributed by atoms with Crippen molar-refractivity contribution in [2.75, 3.05) is 12.4 Å². The third-order valence-corrected chi connectivity index (χ3v) is 9.14. The minimum atomic E-state index is -0.643. The molecule has 0 radical (unpaired) electrons. The second-order valence-corrected chi connectivity index (χ2v) is 11.8. The Hall–Kier alpha value is -3.21. The average Bonchev–Trinajstić information content (AvgIpc) is 3.27. The number of nitrogens with one attached hydrogen (secondary N) is 3. The van der Waals surface area contributed by atoms with Gasteiger partial charge in [-0.3, -0.25) is 24.4 Å². The molecule has 4 atom stereocenters. The van der Waals surface area contributed by atoms with Gasteiger partial charge in [0.1, 0.15) is 18.3 Å². The van der Waals surface area contributed by atoms with Crippen molar-refractivity contribution in [1.82, 2.24) is 20.4 Å². The van der Waals surface area contributed by atoms with Crippen LogP contribution in [0.3, 0.4) is 0 Å². The van der Waals surface area contributed by atoms with Crippen molar-refractivity contribution < 1.29 is 19.1 Å². The quantitative estimate of drug-likeness (QED) is 0.334. The Bertz CT molecular complexity index is 1410. The van der Waals surface area contributed by atoms with Crippen LogP contribution in [0.1, 0.15) is 46.7 Å². The van der Waals surface area contributed by atoms with Gasteiger partial charge in [0.25, 0.3) is 11.8 Å². The number of likely N-dealkylation sites (N-methyl/N-ethyl adjacent to an activating group) is 1. The molecule has 3 aromatic rings. The fourth-order valence-corrected chi connectivity index (χ4v) is 6.49. The van der Waals surface area contributed by atoms with E-state index in [2.05, 4.69) is 50.6 Å². The zero-order valence-electron chi connectivity index (χ0n) is 21.7. The van der Waals surface area contributed by atoms with Gasteiger partial charge >= 0.3 is 5.97 Å². The first-order chi connectivity index (χ1) is 18.6. The predicted octanol–water partition coefficient (Wildman–Crippen LogP) is 4.65. The van der Waals surface area contributed by atoms with Gasteiger partial charge in [-0.05, 0) is 58.4 Å². The Kier molecular flexibility index (Phi) is 7.54. The molecule has 0 spiro atoms. The minimum absolute atomic E-state index is 0.0815. The number of hydrogen-bond acceptors (Lipinski definition) is 6. The van der Waals surface area contributed by atoms with E-state index in [1.807, 2.05) is 42.3 Å². The van der Waals surface area contributed by atoms with Crippen molar-refractivity contribution in [3.05, 3.63) is 80.9 Å². The van der Waals surface area contributed by atoms with Crippen LogP contribution in [-0.4, -0.2) is 58.1 Å². The first-order valence-corrected chi connectivity index (χ1v) is 13.8. The van der Waals surface area contributed by atoms with E-state index in [0.29, 0.717) is 9.50 Å². The topological polar surface area (TPSA) is 116 Å². The van der Waals surface area contributed by atoms with Gasteiger partial charge in [-0.2, -0.15) is 5.10 Å². The zero-order valence-corrected chi connectivity index (χ0v) is 24.0. The normalized spacial score (nSPS) is 23.4. The van der Waals surface area contributed by atoms with Gasteiger partial charge in [-0.1, -0.05) is 67.9 Å².